The van der Waals surface area contributed by atoms with Crippen molar-refractivity contribution in [2.24, 2.45) is 5.73 Å². The molecule has 1 saturated carbocycles. The van der Waals surface area contributed by atoms with Crippen LogP contribution in [0.3, 0.4) is 0 Å². The molecule has 0 aliphatic heterocycles. The zero-order chi connectivity index (χ0) is 20.8. The van der Waals surface area contributed by atoms with E-state index in [1.807, 2.05) is 54.6 Å². The van der Waals surface area contributed by atoms with Gasteiger partial charge in [0.15, 0.2) is 0 Å². The second-order valence-electron chi connectivity index (χ2n) is 8.16. The fourth-order valence-electron chi connectivity index (χ4n) is 4.17. The summed E-state index contributed by atoms with van der Waals surface area (Å²) >= 11 is 0. The van der Waals surface area contributed by atoms with E-state index >= 15 is 0 Å². The van der Waals surface area contributed by atoms with E-state index in [-0.39, 0.29) is 5.82 Å². The van der Waals surface area contributed by atoms with Crippen LogP contribution in [0.5, 0.6) is 11.5 Å². The van der Waals surface area contributed by atoms with E-state index in [4.69, 9.17) is 10.5 Å². The molecule has 3 nitrogen and oxygen atoms in total. The van der Waals surface area contributed by atoms with E-state index in [9.17, 15) is 4.39 Å². The van der Waals surface area contributed by atoms with Gasteiger partial charge in [0.1, 0.15) is 17.3 Å². The maximum absolute atomic E-state index is 13.4. The molecular formula is C26H29FN2O. The van der Waals surface area contributed by atoms with Crippen LogP contribution in [0.4, 0.5) is 4.39 Å². The minimum atomic E-state index is -0.195. The van der Waals surface area contributed by atoms with Gasteiger partial charge in [-0.15, -0.1) is 0 Å². The van der Waals surface area contributed by atoms with Gasteiger partial charge >= 0.3 is 0 Å². The summed E-state index contributed by atoms with van der Waals surface area (Å²) in [6.45, 7) is 1.62. The summed E-state index contributed by atoms with van der Waals surface area (Å²) in [5.74, 6) is 1.48. The predicted molar refractivity (Wildman–Crippen MR) is 119 cm³/mol. The van der Waals surface area contributed by atoms with E-state index in [2.05, 4.69) is 17.0 Å². The number of nitrogens with zero attached hydrogens (tertiary/aromatic N) is 1. The van der Waals surface area contributed by atoms with Gasteiger partial charge < -0.3 is 10.5 Å². The van der Waals surface area contributed by atoms with Crippen molar-refractivity contribution in [2.75, 3.05) is 0 Å². The third-order valence-corrected chi connectivity index (χ3v) is 5.82. The van der Waals surface area contributed by atoms with Crippen LogP contribution >= 0.6 is 0 Å². The second-order valence-corrected chi connectivity index (χ2v) is 8.16. The van der Waals surface area contributed by atoms with Crippen molar-refractivity contribution in [1.82, 2.24) is 4.90 Å². The first-order valence-electron chi connectivity index (χ1n) is 10.7. The highest BCUT2D eigenvalue weighted by Gasteiger charge is 2.24. The van der Waals surface area contributed by atoms with Gasteiger partial charge in [0.25, 0.3) is 0 Å². The Kier molecular flexibility index (Phi) is 6.77. The minimum Gasteiger partial charge on any atom is -0.457 e. The Morgan fingerprint density at radius 3 is 2.17 bits per heavy atom. The van der Waals surface area contributed by atoms with E-state index in [0.29, 0.717) is 12.1 Å². The molecule has 0 spiro atoms. The first kappa shape index (κ1) is 20.6. The molecule has 4 heteroatoms. The number of hydrogen-bond donors (Lipinski definition) is 1. The van der Waals surface area contributed by atoms with Gasteiger partial charge in [0, 0.05) is 25.2 Å². The molecule has 0 radical (unpaired) electrons. The Labute approximate surface area is 178 Å². The van der Waals surface area contributed by atoms with Crippen molar-refractivity contribution in [2.45, 2.75) is 50.9 Å². The van der Waals surface area contributed by atoms with Gasteiger partial charge in [-0.3, -0.25) is 4.90 Å². The lowest BCUT2D eigenvalue weighted by atomic mass is 9.90. The van der Waals surface area contributed by atoms with Crippen molar-refractivity contribution in [1.29, 1.82) is 0 Å². The zero-order valence-electron chi connectivity index (χ0n) is 17.2. The van der Waals surface area contributed by atoms with E-state index in [1.165, 1.54) is 5.56 Å². The smallest absolute Gasteiger partial charge is 0.127 e. The summed E-state index contributed by atoms with van der Waals surface area (Å²) in [6.07, 6.45) is 4.31. The van der Waals surface area contributed by atoms with Crippen LogP contribution in [0.2, 0.25) is 0 Å². The molecule has 0 aromatic heterocycles. The Bertz CT molecular complexity index is 921. The van der Waals surface area contributed by atoms with Gasteiger partial charge in [-0.2, -0.15) is 0 Å². The van der Waals surface area contributed by atoms with E-state index < -0.39 is 0 Å². The molecule has 0 amide bonds. The molecule has 1 aliphatic carbocycles. The SMILES string of the molecule is NC1CCC(N(Cc2ccc(F)cc2)Cc2cccc(Oc3ccccc3)c2)CC1. The average Bonchev–Trinajstić information content (AvgIpc) is 2.76. The van der Waals surface area contributed by atoms with Gasteiger partial charge in [-0.1, -0.05) is 42.5 Å². The number of nitrogens with two attached hydrogens (primary N) is 1. The second kappa shape index (κ2) is 9.88. The normalized spacial score (nSPS) is 19.0. The summed E-state index contributed by atoms with van der Waals surface area (Å²) in [7, 11) is 0. The van der Waals surface area contributed by atoms with Crippen LogP contribution in [0.1, 0.15) is 36.8 Å². The summed E-state index contributed by atoms with van der Waals surface area (Å²) in [5.41, 5.74) is 8.47. The molecule has 0 bridgehead atoms. The predicted octanol–water partition coefficient (Wildman–Crippen LogP) is 5.89. The van der Waals surface area contributed by atoms with Gasteiger partial charge in [-0.05, 0) is 73.2 Å². The Hall–Kier alpha value is -2.69. The Balaban J connectivity index is 1.50. The molecule has 0 atom stereocenters. The first-order chi connectivity index (χ1) is 14.7. The van der Waals surface area contributed by atoms with Crippen molar-refractivity contribution in [3.05, 3.63) is 95.8 Å². The molecule has 2 N–H and O–H groups in total. The largest absolute Gasteiger partial charge is 0.457 e. The van der Waals surface area contributed by atoms with E-state index in [1.54, 1.807) is 12.1 Å². The van der Waals surface area contributed by atoms with Crippen molar-refractivity contribution in [3.63, 3.8) is 0 Å². The highest BCUT2D eigenvalue weighted by Crippen LogP contribution is 2.27. The number of para-hydroxylation sites is 1. The molecule has 4 rings (SSSR count). The molecular weight excluding hydrogens is 375 g/mol. The standard InChI is InChI=1S/C26H29FN2O/c27-22-11-9-20(10-12-22)18-29(24-15-13-23(28)14-16-24)19-21-5-4-8-26(17-21)30-25-6-2-1-3-7-25/h1-12,17,23-24H,13-16,18-19,28H2. The quantitative estimate of drug-likeness (QED) is 0.534. The molecule has 0 unspecified atom stereocenters. The topological polar surface area (TPSA) is 38.5 Å². The Morgan fingerprint density at radius 2 is 1.43 bits per heavy atom. The average molecular weight is 405 g/mol. The molecule has 0 heterocycles. The number of ether oxygens (including phenoxy) is 1. The number of rotatable bonds is 7. The molecule has 3 aromatic carbocycles. The van der Waals surface area contributed by atoms with Gasteiger partial charge in [0.05, 0.1) is 0 Å². The summed E-state index contributed by atoms with van der Waals surface area (Å²) in [4.78, 5) is 2.50. The summed E-state index contributed by atoms with van der Waals surface area (Å²) in [6, 6.07) is 25.8. The van der Waals surface area contributed by atoms with Crippen molar-refractivity contribution in [3.8, 4) is 11.5 Å². The monoisotopic (exact) mass is 404 g/mol. The van der Waals surface area contributed by atoms with Crippen molar-refractivity contribution < 1.29 is 9.13 Å². The van der Waals surface area contributed by atoms with Crippen LogP contribution in [0, 0.1) is 5.82 Å². The molecule has 1 fully saturated rings. The lowest BCUT2D eigenvalue weighted by Crippen LogP contribution is -2.40. The third kappa shape index (κ3) is 5.68. The highest BCUT2D eigenvalue weighted by molar-refractivity contribution is 5.34. The maximum atomic E-state index is 13.4. The lowest BCUT2D eigenvalue weighted by molar-refractivity contribution is 0.134. The minimum absolute atomic E-state index is 0.195. The van der Waals surface area contributed by atoms with Crippen LogP contribution in [0.25, 0.3) is 0 Å². The van der Waals surface area contributed by atoms with E-state index in [0.717, 1.165) is 55.8 Å². The maximum Gasteiger partial charge on any atom is 0.127 e. The molecule has 30 heavy (non-hydrogen) atoms. The molecule has 156 valence electrons. The number of hydrogen-bond acceptors (Lipinski definition) is 3. The molecule has 0 saturated heterocycles. The third-order valence-electron chi connectivity index (χ3n) is 5.82. The first-order valence-corrected chi connectivity index (χ1v) is 10.7. The van der Waals surface area contributed by atoms with Crippen LogP contribution in [-0.4, -0.2) is 17.0 Å². The summed E-state index contributed by atoms with van der Waals surface area (Å²) in [5, 5.41) is 0. The van der Waals surface area contributed by atoms with Crippen LogP contribution in [-0.2, 0) is 13.1 Å². The van der Waals surface area contributed by atoms with Gasteiger partial charge in [-0.25, -0.2) is 4.39 Å². The van der Waals surface area contributed by atoms with Crippen LogP contribution in [0.15, 0.2) is 78.9 Å². The lowest BCUT2D eigenvalue weighted by Gasteiger charge is -2.36. The number of halogens is 1. The molecule has 3 aromatic rings. The highest BCUT2D eigenvalue weighted by atomic mass is 19.1. The Morgan fingerprint density at radius 1 is 0.767 bits per heavy atom. The van der Waals surface area contributed by atoms with Crippen molar-refractivity contribution >= 4 is 0 Å². The van der Waals surface area contributed by atoms with Gasteiger partial charge in [0.2, 0.25) is 0 Å². The number of benzene rings is 3. The summed E-state index contributed by atoms with van der Waals surface area (Å²) < 4.78 is 19.4. The molecule has 1 aliphatic rings. The fraction of sp³-hybridized carbons (Fsp3) is 0.308. The fourth-order valence-corrected chi connectivity index (χ4v) is 4.17. The van der Waals surface area contributed by atoms with Crippen LogP contribution < -0.4 is 10.5 Å². The zero-order valence-corrected chi connectivity index (χ0v) is 17.2.